The lowest BCUT2D eigenvalue weighted by molar-refractivity contribution is 0.557. The second kappa shape index (κ2) is 8.97. The molecule has 1 aliphatic rings. The lowest BCUT2D eigenvalue weighted by Crippen LogP contribution is -2.18. The van der Waals surface area contributed by atoms with Crippen LogP contribution in [0.5, 0.6) is 0 Å². The molecule has 0 unspecified atom stereocenters. The van der Waals surface area contributed by atoms with E-state index in [2.05, 4.69) is 139 Å². The van der Waals surface area contributed by atoms with Crippen molar-refractivity contribution in [2.24, 2.45) is 0 Å². The molecule has 3 heteroatoms. The fraction of sp³-hybridized carbons (Fsp3) is 0.262. The van der Waals surface area contributed by atoms with Crippen LogP contribution >= 0.6 is 0 Å². The van der Waals surface area contributed by atoms with Crippen LogP contribution < -0.4 is 5.43 Å². The van der Waals surface area contributed by atoms with E-state index in [-0.39, 0.29) is 21.7 Å². The van der Waals surface area contributed by atoms with E-state index in [4.69, 9.17) is 4.42 Å². The second-order valence-electron chi connectivity index (χ2n) is 15.5. The van der Waals surface area contributed by atoms with Gasteiger partial charge in [-0.05, 0) is 75.0 Å². The van der Waals surface area contributed by atoms with Gasteiger partial charge >= 0.3 is 0 Å². The summed E-state index contributed by atoms with van der Waals surface area (Å²) in [5.74, 6) is 0. The molecule has 0 fully saturated rings. The molecule has 0 N–H and O–H groups in total. The topological polar surface area (TPSA) is 35.1 Å². The van der Waals surface area contributed by atoms with Crippen molar-refractivity contribution in [1.29, 1.82) is 0 Å². The smallest absolute Gasteiger partial charge is 0.200 e. The zero-order valence-electron chi connectivity index (χ0n) is 27.4. The molecule has 5 aromatic carbocycles. The fourth-order valence-corrected chi connectivity index (χ4v) is 7.52. The van der Waals surface area contributed by atoms with Gasteiger partial charge in [0, 0.05) is 33.5 Å². The van der Waals surface area contributed by atoms with Crippen LogP contribution in [0.1, 0.15) is 77.6 Å². The van der Waals surface area contributed by atoms with E-state index in [1.54, 1.807) is 0 Å². The molecule has 0 radical (unpaired) electrons. The lowest BCUT2D eigenvalue weighted by atomic mass is 9.79. The standard InChI is InChI=1S/C42H39NO2/c1-40(2,3)24-19-31-38(44)28-18-17-25(21-37(28)45-39(31)34(20-24)41(4,5)6)43-35-16-12-10-14-27(35)30-22-29-26-13-9-11-15-32(26)42(7,8)33(29)23-36(30)43/h9-23H,1-8H3. The van der Waals surface area contributed by atoms with Crippen molar-refractivity contribution in [1.82, 2.24) is 4.57 Å². The average molecular weight is 590 g/mol. The average Bonchev–Trinajstić information content (AvgIpc) is 3.43. The minimum absolute atomic E-state index is 0.0222. The quantitative estimate of drug-likeness (QED) is 0.179. The molecule has 0 saturated heterocycles. The number of aromatic nitrogens is 1. The molecule has 7 aromatic rings. The molecule has 2 heterocycles. The number of hydrogen-bond donors (Lipinski definition) is 0. The third kappa shape index (κ3) is 3.92. The Hall–Kier alpha value is -4.63. The van der Waals surface area contributed by atoms with Crippen molar-refractivity contribution in [3.63, 3.8) is 0 Å². The van der Waals surface area contributed by atoms with Crippen molar-refractivity contribution < 1.29 is 4.42 Å². The van der Waals surface area contributed by atoms with Crippen LogP contribution in [-0.2, 0) is 16.2 Å². The molecule has 1 aliphatic carbocycles. The number of rotatable bonds is 1. The van der Waals surface area contributed by atoms with Crippen molar-refractivity contribution in [3.8, 4) is 16.8 Å². The molecule has 0 amide bonds. The van der Waals surface area contributed by atoms with Crippen LogP contribution in [0.25, 0.3) is 60.6 Å². The summed E-state index contributed by atoms with van der Waals surface area (Å²) in [5, 5.41) is 3.70. The predicted octanol–water partition coefficient (Wildman–Crippen LogP) is 10.9. The van der Waals surface area contributed by atoms with Gasteiger partial charge in [-0.2, -0.15) is 0 Å². The first-order chi connectivity index (χ1) is 21.2. The van der Waals surface area contributed by atoms with E-state index in [0.717, 1.165) is 27.8 Å². The fourth-order valence-electron chi connectivity index (χ4n) is 7.52. The summed E-state index contributed by atoms with van der Waals surface area (Å²) in [6, 6.07) is 32.5. The monoisotopic (exact) mass is 589 g/mol. The number of para-hydroxylation sites is 1. The molecule has 45 heavy (non-hydrogen) atoms. The Kier molecular flexibility index (Phi) is 5.56. The SMILES string of the molecule is CC(C)(C)c1cc(C(C)(C)C)c2oc3cc(-n4c5ccccc5c5cc6c(cc54)C(C)(C)c4ccccc4-6)ccc3c(=O)c2c1. The molecular formula is C42H39NO2. The van der Waals surface area contributed by atoms with Crippen molar-refractivity contribution >= 4 is 43.7 Å². The third-order valence-corrected chi connectivity index (χ3v) is 10.1. The van der Waals surface area contributed by atoms with Crippen LogP contribution in [0.15, 0.2) is 100 Å². The van der Waals surface area contributed by atoms with Gasteiger partial charge < -0.3 is 8.98 Å². The summed E-state index contributed by atoms with van der Waals surface area (Å²) in [4.78, 5) is 14.1. The lowest BCUT2D eigenvalue weighted by Gasteiger charge is -2.26. The van der Waals surface area contributed by atoms with Gasteiger partial charge in [-0.3, -0.25) is 4.79 Å². The highest BCUT2D eigenvalue weighted by atomic mass is 16.3. The van der Waals surface area contributed by atoms with Crippen molar-refractivity contribution in [2.45, 2.75) is 71.6 Å². The molecule has 8 rings (SSSR count). The first kappa shape index (κ1) is 27.9. The molecule has 0 aliphatic heterocycles. The van der Waals surface area contributed by atoms with E-state index in [1.165, 1.54) is 33.0 Å². The van der Waals surface area contributed by atoms with E-state index >= 15 is 0 Å². The van der Waals surface area contributed by atoms with Crippen LogP contribution in [0, 0.1) is 0 Å². The zero-order chi connectivity index (χ0) is 31.6. The molecule has 2 aromatic heterocycles. The first-order valence-electron chi connectivity index (χ1n) is 16.0. The van der Waals surface area contributed by atoms with Crippen LogP contribution in [0.4, 0.5) is 0 Å². The molecular weight excluding hydrogens is 550 g/mol. The second-order valence-corrected chi connectivity index (χ2v) is 15.5. The van der Waals surface area contributed by atoms with E-state index in [0.29, 0.717) is 21.9 Å². The van der Waals surface area contributed by atoms with Crippen molar-refractivity contribution in [3.05, 3.63) is 123 Å². The maximum absolute atomic E-state index is 14.1. The van der Waals surface area contributed by atoms with Crippen molar-refractivity contribution in [2.75, 3.05) is 0 Å². The maximum atomic E-state index is 14.1. The van der Waals surface area contributed by atoms with Crippen LogP contribution in [0.2, 0.25) is 0 Å². The molecule has 0 spiro atoms. The molecule has 3 nitrogen and oxygen atoms in total. The summed E-state index contributed by atoms with van der Waals surface area (Å²) in [6.07, 6.45) is 0. The van der Waals surface area contributed by atoms with Gasteiger partial charge in [-0.15, -0.1) is 0 Å². The zero-order valence-corrected chi connectivity index (χ0v) is 27.4. The van der Waals surface area contributed by atoms with Gasteiger partial charge in [0.05, 0.1) is 21.8 Å². The Bertz CT molecular complexity index is 2440. The van der Waals surface area contributed by atoms with Gasteiger partial charge in [0.15, 0.2) is 0 Å². The maximum Gasteiger partial charge on any atom is 0.200 e. The Morgan fingerprint density at radius 3 is 2.11 bits per heavy atom. The Morgan fingerprint density at radius 2 is 1.36 bits per heavy atom. The van der Waals surface area contributed by atoms with Gasteiger partial charge in [-0.25, -0.2) is 0 Å². The number of fused-ring (bicyclic) bond motifs is 8. The summed E-state index contributed by atoms with van der Waals surface area (Å²) >= 11 is 0. The van der Waals surface area contributed by atoms with Crippen LogP contribution in [0.3, 0.4) is 0 Å². The number of benzene rings is 5. The highest BCUT2D eigenvalue weighted by molar-refractivity contribution is 6.12. The van der Waals surface area contributed by atoms with Gasteiger partial charge in [0.2, 0.25) is 5.43 Å². The third-order valence-electron chi connectivity index (χ3n) is 10.1. The van der Waals surface area contributed by atoms with Gasteiger partial charge in [0.1, 0.15) is 11.2 Å². The largest absolute Gasteiger partial charge is 0.455 e. The predicted molar refractivity (Wildman–Crippen MR) is 189 cm³/mol. The Labute approximate surface area is 264 Å². The Morgan fingerprint density at radius 1 is 0.622 bits per heavy atom. The summed E-state index contributed by atoms with van der Waals surface area (Å²) < 4.78 is 9.09. The Balaban J connectivity index is 1.43. The van der Waals surface area contributed by atoms with Gasteiger partial charge in [0.25, 0.3) is 0 Å². The molecule has 0 saturated carbocycles. The molecule has 224 valence electrons. The first-order valence-corrected chi connectivity index (χ1v) is 16.0. The minimum atomic E-state index is -0.196. The number of nitrogens with zero attached hydrogens (tertiary/aromatic N) is 1. The normalized spacial score (nSPS) is 14.5. The van der Waals surface area contributed by atoms with E-state index in [9.17, 15) is 4.79 Å². The summed E-state index contributed by atoms with van der Waals surface area (Å²) in [7, 11) is 0. The highest BCUT2D eigenvalue weighted by Gasteiger charge is 2.36. The molecule has 0 atom stereocenters. The minimum Gasteiger partial charge on any atom is -0.455 e. The van der Waals surface area contributed by atoms with E-state index in [1.807, 2.05) is 12.1 Å². The number of hydrogen-bond acceptors (Lipinski definition) is 2. The van der Waals surface area contributed by atoms with Gasteiger partial charge in [-0.1, -0.05) is 104 Å². The van der Waals surface area contributed by atoms with E-state index < -0.39 is 0 Å². The molecule has 0 bridgehead atoms. The highest BCUT2D eigenvalue weighted by Crippen LogP contribution is 2.51. The summed E-state index contributed by atoms with van der Waals surface area (Å²) in [6.45, 7) is 17.8. The summed E-state index contributed by atoms with van der Waals surface area (Å²) in [5.41, 5.74) is 11.7. The van der Waals surface area contributed by atoms with Crippen LogP contribution in [-0.4, -0.2) is 4.57 Å².